The number of carbonyl (C=O) groups excluding carboxylic acids is 1. The van der Waals surface area contributed by atoms with Crippen LogP contribution in [0.15, 0.2) is 54.9 Å². The standard InChI is InChI=1S/C18H19N3O/c1-18(2,3)13-7-9-14(10-8-13)20-17(22)15-12-19-16-6-4-5-11-21(15)16/h4-12H,1-3H3,(H,20,22). The van der Waals surface area contributed by atoms with E-state index in [2.05, 4.69) is 31.1 Å². The van der Waals surface area contributed by atoms with Crippen LogP contribution in [-0.4, -0.2) is 15.3 Å². The molecule has 22 heavy (non-hydrogen) atoms. The number of imidazole rings is 1. The number of nitrogens with one attached hydrogen (secondary N) is 1. The molecule has 1 aromatic carbocycles. The number of aromatic nitrogens is 2. The number of rotatable bonds is 2. The van der Waals surface area contributed by atoms with E-state index < -0.39 is 0 Å². The number of fused-ring (bicyclic) bond motifs is 1. The third-order valence-electron chi connectivity index (χ3n) is 3.66. The molecule has 4 heteroatoms. The molecular formula is C18H19N3O. The Morgan fingerprint density at radius 2 is 1.82 bits per heavy atom. The molecule has 0 aliphatic heterocycles. The van der Waals surface area contributed by atoms with E-state index >= 15 is 0 Å². The highest BCUT2D eigenvalue weighted by Crippen LogP contribution is 2.23. The zero-order chi connectivity index (χ0) is 15.7. The molecule has 0 aliphatic rings. The maximum atomic E-state index is 12.4. The summed E-state index contributed by atoms with van der Waals surface area (Å²) in [7, 11) is 0. The molecule has 0 spiro atoms. The molecule has 0 atom stereocenters. The first kappa shape index (κ1) is 14.3. The number of hydrogen-bond acceptors (Lipinski definition) is 2. The van der Waals surface area contributed by atoms with Crippen molar-refractivity contribution in [3.05, 3.63) is 66.1 Å². The molecule has 0 aliphatic carbocycles. The Bertz CT molecular complexity index is 810. The van der Waals surface area contributed by atoms with Gasteiger partial charge in [-0.2, -0.15) is 0 Å². The lowest BCUT2D eigenvalue weighted by atomic mass is 9.87. The minimum absolute atomic E-state index is 0.101. The number of benzene rings is 1. The summed E-state index contributed by atoms with van der Waals surface area (Å²) >= 11 is 0. The summed E-state index contributed by atoms with van der Waals surface area (Å²) < 4.78 is 1.78. The van der Waals surface area contributed by atoms with Gasteiger partial charge in [0.1, 0.15) is 11.3 Å². The second-order valence-corrected chi connectivity index (χ2v) is 6.35. The van der Waals surface area contributed by atoms with Gasteiger partial charge in [-0.05, 0) is 35.2 Å². The maximum absolute atomic E-state index is 12.4. The minimum atomic E-state index is -0.165. The molecule has 0 saturated carbocycles. The van der Waals surface area contributed by atoms with Crippen molar-refractivity contribution in [3.63, 3.8) is 0 Å². The molecule has 3 rings (SSSR count). The van der Waals surface area contributed by atoms with Gasteiger partial charge in [-0.3, -0.25) is 9.20 Å². The first-order chi connectivity index (χ1) is 10.4. The van der Waals surface area contributed by atoms with Crippen LogP contribution in [0.1, 0.15) is 36.8 Å². The van der Waals surface area contributed by atoms with Crippen molar-refractivity contribution in [1.29, 1.82) is 0 Å². The van der Waals surface area contributed by atoms with Crippen LogP contribution in [0.2, 0.25) is 0 Å². The highest BCUT2D eigenvalue weighted by Gasteiger charge is 2.14. The number of amides is 1. The zero-order valence-corrected chi connectivity index (χ0v) is 13.0. The third kappa shape index (κ3) is 2.72. The maximum Gasteiger partial charge on any atom is 0.274 e. The van der Waals surface area contributed by atoms with Crippen molar-refractivity contribution >= 4 is 17.2 Å². The van der Waals surface area contributed by atoms with Gasteiger partial charge in [-0.1, -0.05) is 39.0 Å². The summed E-state index contributed by atoms with van der Waals surface area (Å²) in [5, 5.41) is 2.92. The van der Waals surface area contributed by atoms with Crippen molar-refractivity contribution < 1.29 is 4.79 Å². The van der Waals surface area contributed by atoms with Crippen LogP contribution < -0.4 is 5.32 Å². The van der Waals surface area contributed by atoms with Gasteiger partial charge in [-0.15, -0.1) is 0 Å². The van der Waals surface area contributed by atoms with E-state index in [0.717, 1.165) is 11.3 Å². The van der Waals surface area contributed by atoms with E-state index in [-0.39, 0.29) is 11.3 Å². The summed E-state index contributed by atoms with van der Waals surface area (Å²) in [6, 6.07) is 13.6. The molecule has 0 fully saturated rings. The van der Waals surface area contributed by atoms with Gasteiger partial charge < -0.3 is 5.32 Å². The quantitative estimate of drug-likeness (QED) is 0.779. The number of nitrogens with zero attached hydrogens (tertiary/aromatic N) is 2. The molecule has 2 heterocycles. The fraction of sp³-hybridized carbons (Fsp3) is 0.222. The fourth-order valence-corrected chi connectivity index (χ4v) is 2.35. The first-order valence-corrected chi connectivity index (χ1v) is 7.29. The molecule has 3 aromatic rings. The van der Waals surface area contributed by atoms with Gasteiger partial charge in [0.25, 0.3) is 5.91 Å². The highest BCUT2D eigenvalue weighted by atomic mass is 16.1. The topological polar surface area (TPSA) is 46.4 Å². The monoisotopic (exact) mass is 293 g/mol. The van der Waals surface area contributed by atoms with Crippen LogP contribution in [0.3, 0.4) is 0 Å². The van der Waals surface area contributed by atoms with Crippen molar-refractivity contribution in [3.8, 4) is 0 Å². The van der Waals surface area contributed by atoms with E-state index in [1.165, 1.54) is 5.56 Å². The highest BCUT2D eigenvalue weighted by molar-refractivity contribution is 6.03. The second kappa shape index (κ2) is 5.30. The van der Waals surface area contributed by atoms with Crippen LogP contribution in [0.5, 0.6) is 0 Å². The Morgan fingerprint density at radius 3 is 2.50 bits per heavy atom. The summed E-state index contributed by atoms with van der Waals surface area (Å²) in [5.41, 5.74) is 3.40. The number of carbonyl (C=O) groups is 1. The fourth-order valence-electron chi connectivity index (χ4n) is 2.35. The zero-order valence-electron chi connectivity index (χ0n) is 13.0. The molecule has 4 nitrogen and oxygen atoms in total. The van der Waals surface area contributed by atoms with Gasteiger partial charge >= 0.3 is 0 Å². The first-order valence-electron chi connectivity index (χ1n) is 7.29. The normalized spacial score (nSPS) is 11.6. The lowest BCUT2D eigenvalue weighted by molar-refractivity contribution is 0.102. The molecule has 0 radical (unpaired) electrons. The SMILES string of the molecule is CC(C)(C)c1ccc(NC(=O)c2cnc3ccccn23)cc1. The average molecular weight is 293 g/mol. The van der Waals surface area contributed by atoms with Crippen LogP contribution in [0.4, 0.5) is 5.69 Å². The van der Waals surface area contributed by atoms with Gasteiger partial charge in [-0.25, -0.2) is 4.98 Å². The third-order valence-corrected chi connectivity index (χ3v) is 3.66. The summed E-state index contributed by atoms with van der Waals surface area (Å²) in [6.07, 6.45) is 3.42. The Kier molecular flexibility index (Phi) is 3.45. The van der Waals surface area contributed by atoms with Crippen LogP contribution >= 0.6 is 0 Å². The van der Waals surface area contributed by atoms with Gasteiger partial charge in [0, 0.05) is 11.9 Å². The largest absolute Gasteiger partial charge is 0.321 e. The Labute approximate surface area is 129 Å². The molecule has 2 aromatic heterocycles. The summed E-state index contributed by atoms with van der Waals surface area (Å²) in [6.45, 7) is 6.50. The molecular weight excluding hydrogens is 274 g/mol. The Hall–Kier alpha value is -2.62. The number of anilines is 1. The number of pyridine rings is 1. The molecule has 0 unspecified atom stereocenters. The van der Waals surface area contributed by atoms with E-state index in [9.17, 15) is 4.79 Å². The number of hydrogen-bond donors (Lipinski definition) is 1. The van der Waals surface area contributed by atoms with E-state index in [4.69, 9.17) is 0 Å². The van der Waals surface area contributed by atoms with E-state index in [1.807, 2.05) is 48.7 Å². The van der Waals surface area contributed by atoms with E-state index in [0.29, 0.717) is 5.69 Å². The summed E-state index contributed by atoms with van der Waals surface area (Å²) in [4.78, 5) is 16.6. The van der Waals surface area contributed by atoms with Crippen LogP contribution in [-0.2, 0) is 5.41 Å². The minimum Gasteiger partial charge on any atom is -0.321 e. The Morgan fingerprint density at radius 1 is 1.09 bits per heavy atom. The van der Waals surface area contributed by atoms with Gasteiger partial charge in [0.05, 0.1) is 6.20 Å². The lowest BCUT2D eigenvalue weighted by Gasteiger charge is -2.19. The molecule has 0 saturated heterocycles. The van der Waals surface area contributed by atoms with Crippen molar-refractivity contribution in [2.24, 2.45) is 0 Å². The van der Waals surface area contributed by atoms with Crippen molar-refractivity contribution in [2.45, 2.75) is 26.2 Å². The molecule has 0 bridgehead atoms. The van der Waals surface area contributed by atoms with Gasteiger partial charge in [0.2, 0.25) is 0 Å². The lowest BCUT2D eigenvalue weighted by Crippen LogP contribution is -2.15. The molecule has 1 N–H and O–H groups in total. The van der Waals surface area contributed by atoms with Gasteiger partial charge in [0.15, 0.2) is 0 Å². The molecule has 1 amide bonds. The van der Waals surface area contributed by atoms with Crippen LogP contribution in [0, 0.1) is 0 Å². The van der Waals surface area contributed by atoms with Crippen molar-refractivity contribution in [1.82, 2.24) is 9.38 Å². The molecule has 112 valence electrons. The predicted molar refractivity (Wildman–Crippen MR) is 88.3 cm³/mol. The Balaban J connectivity index is 1.82. The van der Waals surface area contributed by atoms with E-state index in [1.54, 1.807) is 10.6 Å². The second-order valence-electron chi connectivity index (χ2n) is 6.35. The van der Waals surface area contributed by atoms with Crippen molar-refractivity contribution in [2.75, 3.05) is 5.32 Å². The average Bonchev–Trinajstić information content (AvgIpc) is 2.91. The summed E-state index contributed by atoms with van der Waals surface area (Å²) in [5.74, 6) is -0.165. The van der Waals surface area contributed by atoms with Crippen LogP contribution in [0.25, 0.3) is 5.65 Å². The smallest absolute Gasteiger partial charge is 0.274 e. The predicted octanol–water partition coefficient (Wildman–Crippen LogP) is 3.88.